The number of hydrogen-bond acceptors (Lipinski definition) is 9. The Balaban J connectivity index is 1.33. The van der Waals surface area contributed by atoms with Gasteiger partial charge in [0.05, 0.1) is 56.0 Å². The zero-order valence-electron chi connectivity index (χ0n) is 22.7. The number of halogens is 2. The molecule has 0 spiro atoms. The van der Waals surface area contributed by atoms with Crippen molar-refractivity contribution in [3.8, 4) is 11.3 Å². The van der Waals surface area contributed by atoms with Crippen LogP contribution in [0.1, 0.15) is 72.7 Å². The summed E-state index contributed by atoms with van der Waals surface area (Å²) in [6.07, 6.45) is 7.16. The molecule has 4 heterocycles. The zero-order valence-corrected chi connectivity index (χ0v) is 23.4. The molecule has 216 valence electrons. The second kappa shape index (κ2) is 10.9. The summed E-state index contributed by atoms with van der Waals surface area (Å²) in [6.45, 7) is 3.48. The topological polar surface area (TPSA) is 101 Å². The van der Waals surface area contributed by atoms with Gasteiger partial charge in [-0.05, 0) is 56.7 Å². The maximum Gasteiger partial charge on any atom is 0.357 e. The van der Waals surface area contributed by atoms with Gasteiger partial charge in [0.1, 0.15) is 11.9 Å². The Morgan fingerprint density at radius 1 is 1.15 bits per heavy atom. The van der Waals surface area contributed by atoms with Crippen LogP contribution in [0.3, 0.4) is 0 Å². The molecule has 4 aliphatic rings. The summed E-state index contributed by atoms with van der Waals surface area (Å²) < 4.78 is 40.9. The highest BCUT2D eigenvalue weighted by molar-refractivity contribution is 6.30. The highest BCUT2D eigenvalue weighted by Crippen LogP contribution is 2.42. The number of nitrogens with zero attached hydrogens (tertiary/aromatic N) is 5. The van der Waals surface area contributed by atoms with E-state index in [2.05, 4.69) is 11.3 Å². The van der Waals surface area contributed by atoms with Gasteiger partial charge in [0.25, 0.3) is 0 Å². The first kappa shape index (κ1) is 26.8. The lowest BCUT2D eigenvalue weighted by molar-refractivity contribution is -0.0453. The Bertz CT molecular complexity index is 1460. The fourth-order valence-corrected chi connectivity index (χ4v) is 5.67. The van der Waals surface area contributed by atoms with Crippen molar-refractivity contribution in [3.05, 3.63) is 58.3 Å². The molecule has 2 aromatic heterocycles. The van der Waals surface area contributed by atoms with Gasteiger partial charge in [-0.2, -0.15) is 5.10 Å². The molecule has 41 heavy (non-hydrogen) atoms. The molecule has 0 radical (unpaired) electrons. The van der Waals surface area contributed by atoms with Crippen molar-refractivity contribution >= 4 is 23.5 Å². The molecule has 2 aliphatic carbocycles. The van der Waals surface area contributed by atoms with Crippen molar-refractivity contribution in [1.82, 2.24) is 19.7 Å². The molecular formula is C29H31ClFN5O5. The van der Waals surface area contributed by atoms with Crippen LogP contribution in [0.15, 0.2) is 30.6 Å². The third-order valence-corrected chi connectivity index (χ3v) is 8.15. The largest absolute Gasteiger partial charge is 0.461 e. The second-order valence-corrected chi connectivity index (χ2v) is 11.4. The summed E-state index contributed by atoms with van der Waals surface area (Å²) in [5.41, 5.74) is 1.57. The quantitative estimate of drug-likeness (QED) is 0.337. The van der Waals surface area contributed by atoms with Gasteiger partial charge in [0, 0.05) is 28.9 Å². The first-order valence-corrected chi connectivity index (χ1v) is 14.6. The standard InChI is InChI=1S/C29H31ClFN5O5/c1-2-38-27(37)26-24(28-39-9-10-40-28)25(20-8-5-18(30)11-21(20)31)33-29(34-26)35-14-22(16-3-4-16)41-23(15-35)17-12-32-36(13-17)19-6-7-19/h5,8,11-13,16,19,22-23,28H,2-4,6-7,9-10,14-15H2,1H3/t22-,23+/m0/s1. The van der Waals surface area contributed by atoms with Crippen LogP contribution in [-0.2, 0) is 18.9 Å². The Morgan fingerprint density at radius 2 is 1.95 bits per heavy atom. The van der Waals surface area contributed by atoms with E-state index in [4.69, 9.17) is 40.5 Å². The minimum atomic E-state index is -0.946. The van der Waals surface area contributed by atoms with Gasteiger partial charge in [-0.3, -0.25) is 4.68 Å². The fourth-order valence-electron chi connectivity index (χ4n) is 5.51. The van der Waals surface area contributed by atoms with Crippen LogP contribution in [0, 0.1) is 11.7 Å². The number of morpholine rings is 1. The number of aromatic nitrogens is 4. The summed E-state index contributed by atoms with van der Waals surface area (Å²) in [5, 5.41) is 4.81. The molecule has 10 nitrogen and oxygen atoms in total. The monoisotopic (exact) mass is 583 g/mol. The number of rotatable bonds is 8. The number of anilines is 1. The first-order valence-electron chi connectivity index (χ1n) is 14.2. The molecule has 4 fully saturated rings. The molecule has 7 rings (SSSR count). The molecule has 2 saturated carbocycles. The molecule has 2 atom stereocenters. The summed E-state index contributed by atoms with van der Waals surface area (Å²) in [7, 11) is 0. The lowest BCUT2D eigenvalue weighted by Gasteiger charge is -2.38. The Morgan fingerprint density at radius 3 is 2.66 bits per heavy atom. The van der Waals surface area contributed by atoms with Gasteiger partial charge in [-0.25, -0.2) is 19.2 Å². The minimum absolute atomic E-state index is 0.0133. The van der Waals surface area contributed by atoms with Crippen molar-refractivity contribution in [2.45, 2.75) is 57.1 Å². The smallest absolute Gasteiger partial charge is 0.357 e. The van der Waals surface area contributed by atoms with Crippen molar-refractivity contribution in [1.29, 1.82) is 0 Å². The van der Waals surface area contributed by atoms with Crippen molar-refractivity contribution in [3.63, 3.8) is 0 Å². The van der Waals surface area contributed by atoms with E-state index in [0.717, 1.165) is 31.2 Å². The third-order valence-electron chi connectivity index (χ3n) is 7.92. The van der Waals surface area contributed by atoms with E-state index < -0.39 is 18.1 Å². The van der Waals surface area contributed by atoms with Gasteiger partial charge in [0.15, 0.2) is 12.0 Å². The van der Waals surface area contributed by atoms with Gasteiger partial charge in [0.2, 0.25) is 5.95 Å². The average Bonchev–Trinajstić information content (AvgIpc) is 3.90. The van der Waals surface area contributed by atoms with E-state index >= 15 is 4.39 Å². The van der Waals surface area contributed by atoms with Crippen LogP contribution < -0.4 is 4.90 Å². The zero-order chi connectivity index (χ0) is 28.1. The van der Waals surface area contributed by atoms with E-state index in [9.17, 15) is 4.79 Å². The van der Waals surface area contributed by atoms with E-state index in [1.54, 1.807) is 19.1 Å². The van der Waals surface area contributed by atoms with Crippen LogP contribution in [0.2, 0.25) is 5.02 Å². The summed E-state index contributed by atoms with van der Waals surface area (Å²) >= 11 is 6.07. The average molecular weight is 584 g/mol. The van der Waals surface area contributed by atoms with Crippen molar-refractivity contribution in [2.75, 3.05) is 37.8 Å². The lowest BCUT2D eigenvalue weighted by Crippen LogP contribution is -2.46. The molecular weight excluding hydrogens is 553 g/mol. The van der Waals surface area contributed by atoms with Crippen LogP contribution >= 0.6 is 11.6 Å². The molecule has 2 saturated heterocycles. The van der Waals surface area contributed by atoms with E-state index in [1.807, 2.05) is 15.8 Å². The number of esters is 1. The van der Waals surface area contributed by atoms with Gasteiger partial charge >= 0.3 is 5.97 Å². The second-order valence-electron chi connectivity index (χ2n) is 10.9. The summed E-state index contributed by atoms with van der Waals surface area (Å²) in [4.78, 5) is 25.0. The van der Waals surface area contributed by atoms with E-state index in [0.29, 0.717) is 38.3 Å². The summed E-state index contributed by atoms with van der Waals surface area (Å²) in [6, 6.07) is 4.80. The molecule has 12 heteroatoms. The van der Waals surface area contributed by atoms with Crippen LogP contribution in [0.25, 0.3) is 11.3 Å². The number of benzene rings is 1. The van der Waals surface area contributed by atoms with Crippen LogP contribution in [0.5, 0.6) is 0 Å². The highest BCUT2D eigenvalue weighted by Gasteiger charge is 2.41. The van der Waals surface area contributed by atoms with E-state index in [-0.39, 0.29) is 52.3 Å². The first-order chi connectivity index (χ1) is 20.0. The number of carbonyl (C=O) groups excluding carboxylic acids is 1. The number of ether oxygens (including phenoxy) is 4. The predicted molar refractivity (Wildman–Crippen MR) is 146 cm³/mol. The van der Waals surface area contributed by atoms with Crippen molar-refractivity contribution < 1.29 is 28.1 Å². The van der Waals surface area contributed by atoms with E-state index in [1.165, 1.54) is 6.07 Å². The Hall–Kier alpha value is -3.12. The Labute approximate surface area is 241 Å². The maximum atomic E-state index is 15.4. The molecule has 2 aliphatic heterocycles. The molecule has 0 amide bonds. The van der Waals surface area contributed by atoms with Crippen molar-refractivity contribution in [2.24, 2.45) is 5.92 Å². The number of hydrogen-bond donors (Lipinski definition) is 0. The number of carbonyl (C=O) groups is 1. The lowest BCUT2D eigenvalue weighted by atomic mass is 10.0. The van der Waals surface area contributed by atoms with Crippen LogP contribution in [-0.4, -0.2) is 64.7 Å². The molecule has 3 aromatic rings. The molecule has 0 unspecified atom stereocenters. The SMILES string of the molecule is CCOC(=O)c1nc(N2C[C@@H](C3CC3)O[C@@H](c3cnn(C4CC4)c3)C2)nc(-c2ccc(Cl)cc2F)c1C1OCCO1. The predicted octanol–water partition coefficient (Wildman–Crippen LogP) is 5.05. The fraction of sp³-hybridized carbons (Fsp3) is 0.517. The normalized spacial score (nSPS) is 23.2. The van der Waals surface area contributed by atoms with Gasteiger partial charge < -0.3 is 23.8 Å². The molecule has 0 N–H and O–H groups in total. The van der Waals surface area contributed by atoms with Crippen LogP contribution in [0.4, 0.5) is 10.3 Å². The molecule has 1 aromatic carbocycles. The minimum Gasteiger partial charge on any atom is -0.461 e. The molecule has 0 bridgehead atoms. The highest BCUT2D eigenvalue weighted by atomic mass is 35.5. The maximum absolute atomic E-state index is 15.4. The van der Waals surface area contributed by atoms with Gasteiger partial charge in [-0.15, -0.1) is 0 Å². The third kappa shape index (κ3) is 5.43. The van der Waals surface area contributed by atoms with Gasteiger partial charge in [-0.1, -0.05) is 11.6 Å². The Kier molecular flexibility index (Phi) is 7.14. The summed E-state index contributed by atoms with van der Waals surface area (Å²) in [5.74, 6) is -0.515.